The van der Waals surface area contributed by atoms with Crippen molar-refractivity contribution >= 4 is 92.5 Å². The number of fused-ring (bicyclic) bond motifs is 15. The maximum Gasteiger partial charge on any atom is 0.137 e. The lowest BCUT2D eigenvalue weighted by Gasteiger charge is -2.11. The molecule has 0 aliphatic carbocycles. The average molecular weight is 624 g/mol. The number of benzene rings is 6. The summed E-state index contributed by atoms with van der Waals surface area (Å²) in [6.07, 6.45) is 5.82. The second-order valence-electron chi connectivity index (χ2n) is 13.0. The van der Waals surface area contributed by atoms with Gasteiger partial charge in [-0.25, -0.2) is 4.98 Å². The van der Waals surface area contributed by atoms with Gasteiger partial charge in [0.1, 0.15) is 5.82 Å². The van der Waals surface area contributed by atoms with Crippen LogP contribution in [-0.2, 0) is 0 Å². The van der Waals surface area contributed by atoms with E-state index in [0.29, 0.717) is 0 Å². The van der Waals surface area contributed by atoms with Crippen LogP contribution < -0.4 is 0 Å². The molecule has 0 radical (unpaired) electrons. The Bertz CT molecular complexity index is 3270. The Labute approximate surface area is 278 Å². The summed E-state index contributed by atoms with van der Waals surface area (Å²) >= 11 is 0. The molecule has 0 bridgehead atoms. The van der Waals surface area contributed by atoms with Gasteiger partial charge in [0.25, 0.3) is 0 Å². The number of nitrogens with zero attached hydrogens (tertiary/aromatic N) is 5. The van der Waals surface area contributed by atoms with Crippen LogP contribution in [0.3, 0.4) is 0 Å². The number of pyridine rings is 2. The molecule has 12 aromatic rings. The zero-order chi connectivity index (χ0) is 31.8. The lowest BCUT2D eigenvalue weighted by molar-refractivity contribution is 1.05. The van der Waals surface area contributed by atoms with Gasteiger partial charge in [0.05, 0.1) is 56.7 Å². The Balaban J connectivity index is 1.23. The monoisotopic (exact) mass is 623 g/mol. The van der Waals surface area contributed by atoms with E-state index in [-0.39, 0.29) is 0 Å². The van der Waals surface area contributed by atoms with Gasteiger partial charge in [-0.15, -0.1) is 0 Å². The van der Waals surface area contributed by atoms with Crippen LogP contribution in [0, 0.1) is 0 Å². The van der Waals surface area contributed by atoms with Crippen molar-refractivity contribution in [3.63, 3.8) is 0 Å². The van der Waals surface area contributed by atoms with E-state index in [1.807, 2.05) is 18.6 Å². The summed E-state index contributed by atoms with van der Waals surface area (Å²) < 4.78 is 7.11. The van der Waals surface area contributed by atoms with Gasteiger partial charge in [-0.1, -0.05) is 84.9 Å². The SMILES string of the molecule is c1ccc2c(c1)ccc1c2c2c3c4ccccc4n4c5ccccc5c(cc2n1-c1ccc(-n2c5ccccc5c5ccncc52)cn1)c34. The van der Waals surface area contributed by atoms with Crippen molar-refractivity contribution in [2.75, 3.05) is 0 Å². The Morgan fingerprint density at radius 3 is 1.92 bits per heavy atom. The van der Waals surface area contributed by atoms with Crippen LogP contribution in [0.4, 0.5) is 0 Å². The third-order valence-corrected chi connectivity index (χ3v) is 10.7. The first kappa shape index (κ1) is 25.4. The van der Waals surface area contributed by atoms with Crippen LogP contribution in [0.1, 0.15) is 0 Å². The van der Waals surface area contributed by atoms with E-state index in [1.165, 1.54) is 70.4 Å². The normalized spacial score (nSPS) is 12.5. The lowest BCUT2D eigenvalue weighted by Crippen LogP contribution is -2.00. The molecule has 0 spiro atoms. The fraction of sp³-hybridized carbons (Fsp3) is 0. The molecule has 5 heteroatoms. The van der Waals surface area contributed by atoms with Crippen molar-refractivity contribution in [2.45, 2.75) is 0 Å². The van der Waals surface area contributed by atoms with E-state index in [1.54, 1.807) is 0 Å². The number of aromatic nitrogens is 5. The van der Waals surface area contributed by atoms with Gasteiger partial charge in [-0.05, 0) is 59.3 Å². The number of rotatable bonds is 2. The first-order valence-electron chi connectivity index (χ1n) is 16.7. The molecule has 0 atom stereocenters. The fourth-order valence-electron chi connectivity index (χ4n) is 8.76. The number of hydrogen-bond acceptors (Lipinski definition) is 2. The highest BCUT2D eigenvalue weighted by Crippen LogP contribution is 2.47. The molecule has 0 fully saturated rings. The van der Waals surface area contributed by atoms with E-state index in [2.05, 4.69) is 152 Å². The second-order valence-corrected chi connectivity index (χ2v) is 13.0. The highest BCUT2D eigenvalue weighted by atomic mass is 15.1. The molecule has 12 rings (SSSR count). The molecule has 226 valence electrons. The second kappa shape index (κ2) is 9.00. The zero-order valence-corrected chi connectivity index (χ0v) is 26.2. The minimum absolute atomic E-state index is 0.888. The molecule has 0 amide bonds. The summed E-state index contributed by atoms with van der Waals surface area (Å²) in [5.74, 6) is 0.888. The molecule has 0 aliphatic rings. The van der Waals surface area contributed by atoms with Crippen LogP contribution in [-0.4, -0.2) is 23.5 Å². The Morgan fingerprint density at radius 1 is 0.408 bits per heavy atom. The molecule has 0 N–H and O–H groups in total. The van der Waals surface area contributed by atoms with Crippen molar-refractivity contribution in [1.82, 2.24) is 23.5 Å². The first-order chi connectivity index (χ1) is 24.3. The van der Waals surface area contributed by atoms with Gasteiger partial charge in [-0.2, -0.15) is 0 Å². The quantitative estimate of drug-likeness (QED) is 0.192. The van der Waals surface area contributed by atoms with Gasteiger partial charge >= 0.3 is 0 Å². The van der Waals surface area contributed by atoms with Crippen LogP contribution >= 0.6 is 0 Å². The van der Waals surface area contributed by atoms with Gasteiger partial charge in [0, 0.05) is 49.3 Å². The maximum atomic E-state index is 5.23. The number of para-hydroxylation sites is 3. The molecule has 6 aromatic carbocycles. The lowest BCUT2D eigenvalue weighted by atomic mass is 9.99. The fourth-order valence-corrected chi connectivity index (χ4v) is 8.76. The van der Waals surface area contributed by atoms with Gasteiger partial charge in [0.2, 0.25) is 0 Å². The Morgan fingerprint density at radius 2 is 1.10 bits per heavy atom. The third-order valence-electron chi connectivity index (χ3n) is 10.7. The maximum absolute atomic E-state index is 5.23. The predicted octanol–water partition coefficient (Wildman–Crippen LogP) is 11.0. The molecule has 0 unspecified atom stereocenters. The summed E-state index contributed by atoms with van der Waals surface area (Å²) in [6.45, 7) is 0. The van der Waals surface area contributed by atoms with Crippen molar-refractivity contribution in [3.05, 3.63) is 152 Å². The zero-order valence-electron chi connectivity index (χ0n) is 26.2. The molecule has 6 aromatic heterocycles. The number of hydrogen-bond donors (Lipinski definition) is 0. The standard InChI is InChI=1S/C44H25N5/c1-2-10-28-26(9-1)17-19-37-41(28)43-38(23-33-30-12-4-7-15-35(30)49-36-16-8-5-13-32(36)42(43)44(33)49)48(37)40-20-18-27(24-46-40)47-34-14-6-3-11-29(34)31-21-22-45-25-39(31)47/h1-25H. The highest BCUT2D eigenvalue weighted by Gasteiger charge is 2.25. The van der Waals surface area contributed by atoms with Crippen molar-refractivity contribution in [2.24, 2.45) is 0 Å². The van der Waals surface area contributed by atoms with Gasteiger partial charge < -0.3 is 8.97 Å². The Kier molecular flexibility index (Phi) is 4.66. The van der Waals surface area contributed by atoms with Crippen LogP contribution in [0.25, 0.3) is 104 Å². The van der Waals surface area contributed by atoms with Gasteiger partial charge in [0.15, 0.2) is 0 Å². The molecule has 0 aliphatic heterocycles. The van der Waals surface area contributed by atoms with Crippen LogP contribution in [0.15, 0.2) is 152 Å². The molecule has 6 heterocycles. The molecule has 0 saturated carbocycles. The highest BCUT2D eigenvalue weighted by molar-refractivity contribution is 6.38. The van der Waals surface area contributed by atoms with E-state index >= 15 is 0 Å². The van der Waals surface area contributed by atoms with E-state index in [4.69, 9.17) is 4.98 Å². The van der Waals surface area contributed by atoms with Gasteiger partial charge in [-0.3, -0.25) is 9.55 Å². The van der Waals surface area contributed by atoms with E-state index in [0.717, 1.165) is 33.6 Å². The predicted molar refractivity (Wildman–Crippen MR) is 203 cm³/mol. The summed E-state index contributed by atoms with van der Waals surface area (Å²) in [6, 6.07) is 48.3. The smallest absolute Gasteiger partial charge is 0.137 e. The molecular weight excluding hydrogens is 599 g/mol. The van der Waals surface area contributed by atoms with Crippen LogP contribution in [0.5, 0.6) is 0 Å². The first-order valence-corrected chi connectivity index (χ1v) is 16.7. The Hall–Kier alpha value is -6.72. The van der Waals surface area contributed by atoms with Crippen molar-refractivity contribution < 1.29 is 0 Å². The van der Waals surface area contributed by atoms with Crippen LogP contribution in [0.2, 0.25) is 0 Å². The minimum atomic E-state index is 0.888. The molecule has 49 heavy (non-hydrogen) atoms. The summed E-state index contributed by atoms with van der Waals surface area (Å²) in [7, 11) is 0. The van der Waals surface area contributed by atoms with Crippen molar-refractivity contribution in [3.8, 4) is 11.5 Å². The summed E-state index contributed by atoms with van der Waals surface area (Å²) in [4.78, 5) is 9.71. The summed E-state index contributed by atoms with van der Waals surface area (Å²) in [5, 5.41) is 12.5. The molecule has 0 saturated heterocycles. The molecule has 5 nitrogen and oxygen atoms in total. The molecular formula is C44H25N5. The topological polar surface area (TPSA) is 40.0 Å². The minimum Gasteiger partial charge on any atom is -0.308 e. The van der Waals surface area contributed by atoms with E-state index in [9.17, 15) is 0 Å². The summed E-state index contributed by atoms with van der Waals surface area (Å²) in [5.41, 5.74) is 9.29. The average Bonchev–Trinajstić information content (AvgIpc) is 3.89. The third kappa shape index (κ3) is 3.10. The van der Waals surface area contributed by atoms with Crippen molar-refractivity contribution in [1.29, 1.82) is 0 Å². The largest absolute Gasteiger partial charge is 0.308 e. The van der Waals surface area contributed by atoms with E-state index < -0.39 is 0 Å².